The van der Waals surface area contributed by atoms with Gasteiger partial charge in [-0.3, -0.25) is 4.79 Å². The van der Waals surface area contributed by atoms with Gasteiger partial charge in [0.1, 0.15) is 17.1 Å². The zero-order chi connectivity index (χ0) is 20.3. The maximum Gasteiger partial charge on any atom is 0.339 e. The van der Waals surface area contributed by atoms with Crippen molar-refractivity contribution >= 4 is 29.0 Å². The lowest BCUT2D eigenvalue weighted by atomic mass is 10.00. The number of hydrogen-bond donors (Lipinski definition) is 3. The van der Waals surface area contributed by atoms with Crippen LogP contribution >= 0.6 is 11.6 Å². The van der Waals surface area contributed by atoms with Crippen molar-refractivity contribution in [3.05, 3.63) is 64.3 Å². The first-order chi connectivity index (χ1) is 13.4. The number of ketones is 1. The molecular formula is C20H18ClNO6. The van der Waals surface area contributed by atoms with Crippen LogP contribution in [0.25, 0.3) is 0 Å². The largest absolute Gasteiger partial charge is 0.507 e. The molecular weight excluding hydrogens is 386 g/mol. The van der Waals surface area contributed by atoms with Crippen LogP contribution in [0.3, 0.4) is 0 Å². The van der Waals surface area contributed by atoms with E-state index in [1.165, 1.54) is 30.5 Å². The van der Waals surface area contributed by atoms with Gasteiger partial charge in [0.2, 0.25) is 12.1 Å². The van der Waals surface area contributed by atoms with Crippen molar-refractivity contribution in [2.45, 2.75) is 19.6 Å². The summed E-state index contributed by atoms with van der Waals surface area (Å²) in [6.45, 7) is 2.33. The van der Waals surface area contributed by atoms with Gasteiger partial charge in [0.25, 0.3) is 0 Å². The first-order valence-electron chi connectivity index (χ1n) is 8.56. The molecule has 1 unspecified atom stereocenters. The van der Waals surface area contributed by atoms with Gasteiger partial charge in [-0.2, -0.15) is 0 Å². The van der Waals surface area contributed by atoms with Crippen LogP contribution in [0.4, 0.5) is 5.69 Å². The fraction of sp³-hybridized carbons (Fsp3) is 0.200. The van der Waals surface area contributed by atoms with Gasteiger partial charge in [0, 0.05) is 23.0 Å². The summed E-state index contributed by atoms with van der Waals surface area (Å²) in [5.74, 6) is -1.54. The molecule has 1 atom stereocenters. The first kappa shape index (κ1) is 19.7. The molecule has 3 rings (SSSR count). The maximum atomic E-state index is 12.9. The average Bonchev–Trinajstić information content (AvgIpc) is 2.66. The van der Waals surface area contributed by atoms with Crippen LogP contribution in [-0.2, 0) is 4.74 Å². The Balaban J connectivity index is 1.91. The van der Waals surface area contributed by atoms with E-state index in [1.807, 2.05) is 6.92 Å². The second kappa shape index (κ2) is 8.33. The van der Waals surface area contributed by atoms with Crippen LogP contribution in [0.5, 0.6) is 11.5 Å². The Bertz CT molecular complexity index is 956. The summed E-state index contributed by atoms with van der Waals surface area (Å²) in [5.41, 5.74) is 0.725. The molecule has 7 nitrogen and oxygen atoms in total. The van der Waals surface area contributed by atoms with Gasteiger partial charge in [-0.15, -0.1) is 0 Å². The van der Waals surface area contributed by atoms with Gasteiger partial charge in [0.05, 0.1) is 17.7 Å². The zero-order valence-electron chi connectivity index (χ0n) is 14.9. The molecule has 1 aliphatic rings. The Morgan fingerprint density at radius 2 is 2.11 bits per heavy atom. The Morgan fingerprint density at radius 1 is 1.32 bits per heavy atom. The number of benzene rings is 2. The Kier molecular flexibility index (Phi) is 5.87. The summed E-state index contributed by atoms with van der Waals surface area (Å²) >= 11 is 5.99. The highest BCUT2D eigenvalue weighted by Crippen LogP contribution is 2.33. The molecule has 1 heterocycles. The molecule has 146 valence electrons. The monoisotopic (exact) mass is 403 g/mol. The standard InChI is InChI=1S/C20H18ClNO6/c1-2-7-27-20-15(18(24)14-8-11(21)3-6-17(14)28-20)10-22-12-4-5-13(19(25)26)16(23)9-12/h3-6,8-10,20,22-23H,2,7H2,1H3,(H,25,26)/b15-10-. The zero-order valence-corrected chi connectivity index (χ0v) is 15.7. The predicted octanol–water partition coefficient (Wildman–Crippen LogP) is 4.07. The van der Waals surface area contributed by atoms with Crippen molar-refractivity contribution < 1.29 is 29.3 Å². The van der Waals surface area contributed by atoms with E-state index in [0.29, 0.717) is 28.6 Å². The van der Waals surface area contributed by atoms with Crippen LogP contribution in [0, 0.1) is 0 Å². The minimum atomic E-state index is -1.24. The predicted molar refractivity (Wildman–Crippen MR) is 103 cm³/mol. The summed E-state index contributed by atoms with van der Waals surface area (Å²) in [4.78, 5) is 23.9. The third-order valence-electron chi connectivity index (χ3n) is 4.03. The van der Waals surface area contributed by atoms with Crippen molar-refractivity contribution in [2.24, 2.45) is 0 Å². The number of carboxylic acids is 1. The number of halogens is 1. The molecule has 0 aromatic heterocycles. The molecule has 0 saturated carbocycles. The molecule has 1 aliphatic heterocycles. The number of aromatic carboxylic acids is 1. The number of ether oxygens (including phenoxy) is 2. The van der Waals surface area contributed by atoms with E-state index >= 15 is 0 Å². The molecule has 2 aromatic rings. The van der Waals surface area contributed by atoms with Gasteiger partial charge >= 0.3 is 5.97 Å². The molecule has 0 aliphatic carbocycles. The van der Waals surface area contributed by atoms with Crippen LogP contribution in [0.1, 0.15) is 34.1 Å². The second-order valence-corrected chi connectivity index (χ2v) is 6.51. The molecule has 3 N–H and O–H groups in total. The number of carboxylic acid groups (broad SMARTS) is 1. The van der Waals surface area contributed by atoms with E-state index in [-0.39, 0.29) is 16.9 Å². The molecule has 2 aromatic carbocycles. The molecule has 0 saturated heterocycles. The minimum Gasteiger partial charge on any atom is -0.507 e. The first-order valence-corrected chi connectivity index (χ1v) is 8.94. The van der Waals surface area contributed by atoms with E-state index in [9.17, 15) is 14.7 Å². The number of phenols is 1. The highest BCUT2D eigenvalue weighted by atomic mass is 35.5. The number of aromatic hydroxyl groups is 1. The number of hydrogen-bond acceptors (Lipinski definition) is 6. The Hall–Kier alpha value is -3.03. The smallest absolute Gasteiger partial charge is 0.339 e. The lowest BCUT2D eigenvalue weighted by Crippen LogP contribution is -2.33. The topological polar surface area (TPSA) is 105 Å². The maximum absolute atomic E-state index is 12.9. The lowest BCUT2D eigenvalue weighted by Gasteiger charge is -2.27. The van der Waals surface area contributed by atoms with Crippen molar-refractivity contribution in [1.82, 2.24) is 0 Å². The number of fused-ring (bicyclic) bond motifs is 1. The van der Waals surface area contributed by atoms with Gasteiger partial charge in [-0.1, -0.05) is 18.5 Å². The molecule has 0 spiro atoms. The van der Waals surface area contributed by atoms with E-state index < -0.39 is 18.0 Å². The minimum absolute atomic E-state index is 0.219. The molecule has 28 heavy (non-hydrogen) atoms. The molecule has 8 heteroatoms. The highest BCUT2D eigenvalue weighted by molar-refractivity contribution is 6.31. The number of nitrogens with one attached hydrogen (secondary N) is 1. The molecule has 0 bridgehead atoms. The summed E-state index contributed by atoms with van der Waals surface area (Å²) < 4.78 is 11.5. The number of Topliss-reactive ketones (excluding diaryl/α,β-unsaturated/α-hetero) is 1. The quantitative estimate of drug-likeness (QED) is 0.624. The third-order valence-corrected chi connectivity index (χ3v) is 4.27. The van der Waals surface area contributed by atoms with Crippen molar-refractivity contribution in [3.8, 4) is 11.5 Å². The third kappa shape index (κ3) is 4.11. The number of carbonyl (C=O) groups is 2. The van der Waals surface area contributed by atoms with Crippen LogP contribution in [-0.4, -0.2) is 34.9 Å². The van der Waals surface area contributed by atoms with Gasteiger partial charge in [-0.05, 0) is 36.8 Å². The van der Waals surface area contributed by atoms with Gasteiger partial charge in [-0.25, -0.2) is 4.79 Å². The molecule has 0 amide bonds. The summed E-state index contributed by atoms with van der Waals surface area (Å²) in [7, 11) is 0. The number of carbonyl (C=O) groups excluding carboxylic acids is 1. The van der Waals surface area contributed by atoms with Gasteiger partial charge in [0.15, 0.2) is 0 Å². The average molecular weight is 404 g/mol. The van der Waals surface area contributed by atoms with E-state index in [4.69, 9.17) is 26.2 Å². The second-order valence-electron chi connectivity index (χ2n) is 6.07. The van der Waals surface area contributed by atoms with Crippen LogP contribution in [0.15, 0.2) is 48.2 Å². The Morgan fingerprint density at radius 3 is 2.79 bits per heavy atom. The van der Waals surface area contributed by atoms with E-state index in [2.05, 4.69) is 5.32 Å². The fourth-order valence-electron chi connectivity index (χ4n) is 2.67. The number of anilines is 1. The van der Waals surface area contributed by atoms with Gasteiger partial charge < -0.3 is 25.0 Å². The summed E-state index contributed by atoms with van der Waals surface area (Å²) in [6, 6.07) is 8.76. The van der Waals surface area contributed by atoms with Crippen molar-refractivity contribution in [3.63, 3.8) is 0 Å². The van der Waals surface area contributed by atoms with E-state index in [0.717, 1.165) is 6.42 Å². The SMILES string of the molecule is CCCOC1Oc2ccc(Cl)cc2C(=O)/C1=C/Nc1ccc(C(=O)O)c(O)c1. The number of rotatable bonds is 6. The van der Waals surface area contributed by atoms with Crippen LogP contribution < -0.4 is 10.1 Å². The van der Waals surface area contributed by atoms with E-state index in [1.54, 1.807) is 12.1 Å². The summed E-state index contributed by atoms with van der Waals surface area (Å²) in [5, 5.41) is 22.1. The summed E-state index contributed by atoms with van der Waals surface area (Å²) in [6.07, 6.45) is 1.26. The fourth-order valence-corrected chi connectivity index (χ4v) is 2.84. The van der Waals surface area contributed by atoms with Crippen LogP contribution in [0.2, 0.25) is 5.02 Å². The van der Waals surface area contributed by atoms with Crippen molar-refractivity contribution in [1.29, 1.82) is 0 Å². The molecule has 0 radical (unpaired) electrons. The normalized spacial score (nSPS) is 17.1. The lowest BCUT2D eigenvalue weighted by molar-refractivity contribution is -0.0559. The van der Waals surface area contributed by atoms with Crippen molar-refractivity contribution in [2.75, 3.05) is 11.9 Å². The Labute approximate surface area is 166 Å². The highest BCUT2D eigenvalue weighted by Gasteiger charge is 2.32. The molecule has 0 fully saturated rings.